The molecule has 2 aromatic rings. The third-order valence-corrected chi connectivity index (χ3v) is 10.5. The molecule has 2 aliphatic carbocycles. The van der Waals surface area contributed by atoms with Crippen molar-refractivity contribution in [3.05, 3.63) is 44.4 Å². The van der Waals surface area contributed by atoms with Crippen LogP contribution in [0.15, 0.2) is 34.1 Å². The number of carbonyl (C=O) groups excluding carboxylic acids is 1. The number of thiazole rings is 1. The van der Waals surface area contributed by atoms with Gasteiger partial charge in [-0.3, -0.25) is 14.2 Å². The highest BCUT2D eigenvalue weighted by Crippen LogP contribution is 2.64. The number of anilines is 1. The second-order valence-electron chi connectivity index (χ2n) is 9.16. The van der Waals surface area contributed by atoms with Crippen molar-refractivity contribution in [3.63, 3.8) is 0 Å². The fourth-order valence-corrected chi connectivity index (χ4v) is 9.43. The Morgan fingerprint density at radius 3 is 2.53 bits per heavy atom. The van der Waals surface area contributed by atoms with Crippen LogP contribution in [0.5, 0.6) is 0 Å². The van der Waals surface area contributed by atoms with E-state index in [1.54, 1.807) is 11.5 Å². The normalized spacial score (nSPS) is 27.8. The van der Waals surface area contributed by atoms with Crippen LogP contribution < -0.4 is 9.77 Å². The molecule has 1 aromatic carbocycles. The molecule has 0 spiro atoms. The first-order chi connectivity index (χ1) is 15.5. The zero-order valence-corrected chi connectivity index (χ0v) is 20.7. The van der Waals surface area contributed by atoms with Gasteiger partial charge in [0.1, 0.15) is 6.54 Å². The van der Waals surface area contributed by atoms with E-state index in [4.69, 9.17) is 4.74 Å². The zero-order chi connectivity index (χ0) is 22.4. The maximum Gasteiger partial charge on any atom is 0.326 e. The maximum atomic E-state index is 13.0. The molecule has 5 atom stereocenters. The zero-order valence-electron chi connectivity index (χ0n) is 19.1. The highest BCUT2D eigenvalue weighted by molar-refractivity contribution is 8.00. The van der Waals surface area contributed by atoms with Gasteiger partial charge in [-0.1, -0.05) is 23.5 Å². The number of rotatable bonds is 7. The molecule has 4 unspecified atom stereocenters. The Labute approximate surface area is 198 Å². The lowest BCUT2D eigenvalue weighted by Gasteiger charge is -2.40. The van der Waals surface area contributed by atoms with Crippen molar-refractivity contribution in [2.24, 2.45) is 17.8 Å². The Morgan fingerprint density at radius 1 is 1.12 bits per heavy atom. The van der Waals surface area contributed by atoms with Crippen LogP contribution in [0.1, 0.15) is 56.4 Å². The summed E-state index contributed by atoms with van der Waals surface area (Å²) in [6.45, 7) is 8.51. The van der Waals surface area contributed by atoms with E-state index in [2.05, 4.69) is 43.0 Å². The summed E-state index contributed by atoms with van der Waals surface area (Å²) in [5, 5.41) is 1.55. The molecule has 172 valence electrons. The predicted molar refractivity (Wildman–Crippen MR) is 131 cm³/mol. The minimum atomic E-state index is -0.328. The third-order valence-electron chi connectivity index (χ3n) is 7.66. The Bertz CT molecular complexity index is 1040. The number of thioether (sulfide) groups is 1. The van der Waals surface area contributed by atoms with Crippen LogP contribution in [0.25, 0.3) is 0 Å². The molecule has 1 aliphatic heterocycles. The number of aromatic nitrogens is 1. The molecule has 1 aromatic heterocycles. The molecule has 2 bridgehead atoms. The second-order valence-corrected chi connectivity index (χ2v) is 11.3. The fourth-order valence-electron chi connectivity index (χ4n) is 6.28. The van der Waals surface area contributed by atoms with Gasteiger partial charge in [0, 0.05) is 34.8 Å². The fraction of sp³-hybridized carbons (Fsp3) is 0.600. The van der Waals surface area contributed by atoms with E-state index < -0.39 is 0 Å². The lowest BCUT2D eigenvalue weighted by Crippen LogP contribution is -2.34. The van der Waals surface area contributed by atoms with Gasteiger partial charge < -0.3 is 9.64 Å². The van der Waals surface area contributed by atoms with Gasteiger partial charge in [0.15, 0.2) is 0 Å². The summed E-state index contributed by atoms with van der Waals surface area (Å²) in [6.07, 6.45) is 3.93. The first-order valence-corrected chi connectivity index (χ1v) is 13.7. The third kappa shape index (κ3) is 3.61. The smallest absolute Gasteiger partial charge is 0.326 e. The average Bonchev–Trinajstić information content (AvgIpc) is 3.48. The molecule has 2 heterocycles. The summed E-state index contributed by atoms with van der Waals surface area (Å²) in [6, 6.07) is 9.04. The first kappa shape index (κ1) is 22.1. The van der Waals surface area contributed by atoms with E-state index in [0.717, 1.165) is 34.8 Å². The van der Waals surface area contributed by atoms with Crippen molar-refractivity contribution >= 4 is 34.8 Å². The number of fused-ring (bicyclic) bond motifs is 6. The molecule has 32 heavy (non-hydrogen) atoms. The van der Waals surface area contributed by atoms with Crippen LogP contribution >= 0.6 is 23.1 Å². The molecule has 0 saturated heterocycles. The molecular formula is C25H32N2O3S2. The van der Waals surface area contributed by atoms with Gasteiger partial charge in [0.25, 0.3) is 0 Å². The molecule has 7 heteroatoms. The van der Waals surface area contributed by atoms with Gasteiger partial charge >= 0.3 is 10.8 Å². The minimum Gasteiger partial charge on any atom is -0.465 e. The first-order valence-electron chi connectivity index (χ1n) is 12.0. The molecule has 5 nitrogen and oxygen atoms in total. The Kier molecular flexibility index (Phi) is 6.14. The summed E-state index contributed by atoms with van der Waals surface area (Å²) < 4.78 is 6.84. The van der Waals surface area contributed by atoms with Gasteiger partial charge in [0.2, 0.25) is 0 Å². The summed E-state index contributed by atoms with van der Waals surface area (Å²) in [5.74, 6) is 1.98. The van der Waals surface area contributed by atoms with Crippen molar-refractivity contribution in [1.29, 1.82) is 0 Å². The molecule has 0 amide bonds. The Balaban J connectivity index is 1.56. The lowest BCUT2D eigenvalue weighted by atomic mass is 9.75. The van der Waals surface area contributed by atoms with Crippen LogP contribution in [-0.2, 0) is 16.1 Å². The van der Waals surface area contributed by atoms with Crippen molar-refractivity contribution in [1.82, 2.24) is 4.57 Å². The number of carbonyl (C=O) groups is 1. The topological polar surface area (TPSA) is 51.5 Å². The van der Waals surface area contributed by atoms with Crippen molar-refractivity contribution < 1.29 is 9.53 Å². The van der Waals surface area contributed by atoms with Gasteiger partial charge in [-0.05, 0) is 75.5 Å². The van der Waals surface area contributed by atoms with E-state index in [-0.39, 0.29) is 23.3 Å². The van der Waals surface area contributed by atoms with E-state index in [1.807, 2.05) is 11.8 Å². The lowest BCUT2D eigenvalue weighted by molar-refractivity contribution is -0.144. The van der Waals surface area contributed by atoms with E-state index in [1.165, 1.54) is 41.9 Å². The highest BCUT2D eigenvalue weighted by atomic mass is 32.2. The Hall–Kier alpha value is -1.73. The molecule has 5 rings (SSSR count). The summed E-state index contributed by atoms with van der Waals surface area (Å²) in [5.41, 5.74) is 2.57. The maximum absolute atomic E-state index is 13.0. The number of esters is 1. The summed E-state index contributed by atoms with van der Waals surface area (Å²) in [7, 11) is 0. The molecule has 2 fully saturated rings. The van der Waals surface area contributed by atoms with Crippen LogP contribution in [0.3, 0.4) is 0 Å². The second kappa shape index (κ2) is 8.90. The number of nitrogens with zero attached hydrogens (tertiary/aromatic N) is 2. The van der Waals surface area contributed by atoms with Crippen LogP contribution in [0.2, 0.25) is 0 Å². The quantitative estimate of drug-likeness (QED) is 0.533. The molecule has 0 radical (unpaired) electrons. The highest BCUT2D eigenvalue weighted by Gasteiger charge is 2.55. The number of hydrogen-bond acceptors (Lipinski definition) is 6. The predicted octanol–water partition coefficient (Wildman–Crippen LogP) is 4.97. The SMILES string of the molecule is CCOC(=O)Cn1c2c(sc1=O)[C@@H](c1ccc(N(CC)CC)cc1)C1C3CCC(C3)C1S2. The van der Waals surface area contributed by atoms with Crippen LogP contribution in [0.4, 0.5) is 5.69 Å². The molecule has 0 N–H and O–H groups in total. The van der Waals surface area contributed by atoms with E-state index in [0.29, 0.717) is 17.8 Å². The van der Waals surface area contributed by atoms with Gasteiger partial charge in [0.05, 0.1) is 11.6 Å². The van der Waals surface area contributed by atoms with Crippen molar-refractivity contribution in [2.75, 3.05) is 24.6 Å². The number of hydrogen-bond donors (Lipinski definition) is 0. The van der Waals surface area contributed by atoms with Gasteiger partial charge in [-0.15, -0.1) is 11.8 Å². The van der Waals surface area contributed by atoms with E-state index in [9.17, 15) is 9.59 Å². The monoisotopic (exact) mass is 472 g/mol. The number of ether oxygens (including phenoxy) is 1. The van der Waals surface area contributed by atoms with Crippen LogP contribution in [0, 0.1) is 17.8 Å². The van der Waals surface area contributed by atoms with Crippen molar-refractivity contribution in [2.45, 2.75) is 62.8 Å². The molecule has 2 saturated carbocycles. The van der Waals surface area contributed by atoms with Gasteiger partial charge in [-0.25, -0.2) is 0 Å². The summed E-state index contributed by atoms with van der Waals surface area (Å²) in [4.78, 5) is 28.7. The van der Waals surface area contributed by atoms with Gasteiger partial charge in [-0.2, -0.15) is 0 Å². The molecule has 3 aliphatic rings. The number of benzene rings is 1. The van der Waals surface area contributed by atoms with E-state index >= 15 is 0 Å². The molecular weight excluding hydrogens is 440 g/mol. The minimum absolute atomic E-state index is 0.0185. The van der Waals surface area contributed by atoms with Crippen molar-refractivity contribution in [3.8, 4) is 0 Å². The largest absolute Gasteiger partial charge is 0.465 e. The Morgan fingerprint density at radius 2 is 1.84 bits per heavy atom. The average molecular weight is 473 g/mol. The standard InChI is InChI=1S/C25H32N2O3S2/c1-4-26(5-2)18-11-9-15(10-12-18)20-21-16-7-8-17(13-16)22(21)31-24-23(20)32-25(29)27(24)14-19(28)30-6-3/h9-12,16-17,20-22H,4-8,13-14H2,1-3H3/t16?,17?,20-,21?,22?/m0/s1. The summed E-state index contributed by atoms with van der Waals surface area (Å²) >= 11 is 3.21. The van der Waals surface area contributed by atoms with Crippen LogP contribution in [-0.4, -0.2) is 35.5 Å².